The van der Waals surface area contributed by atoms with Gasteiger partial charge in [0.05, 0.1) is 22.0 Å². The van der Waals surface area contributed by atoms with E-state index in [-0.39, 0.29) is 23.3 Å². The maximum atomic E-state index is 13.3. The van der Waals surface area contributed by atoms with Crippen molar-refractivity contribution < 1.29 is 22.8 Å². The Hall–Kier alpha value is -4.63. The highest BCUT2D eigenvalue weighted by atomic mass is 35.5. The Morgan fingerprint density at radius 3 is 2.70 bits per heavy atom. The Bertz CT molecular complexity index is 1790. The molecule has 1 aliphatic rings. The fraction of sp³-hybridized carbons (Fsp3) is 0.300. The lowest BCUT2D eigenvalue weighted by atomic mass is 10.1. The summed E-state index contributed by atoms with van der Waals surface area (Å²) >= 11 is 5.68. The highest BCUT2D eigenvalue weighted by Crippen LogP contribution is 2.35. The SMILES string of the molecule is CCC(=O)N1CCCC(n2nc(C#Cc3cc(NC(=O)c4ccc(Cl)c(C(F)(F)F)c4)ccc3C)c3c(N)ncnc32)C1. The summed E-state index contributed by atoms with van der Waals surface area (Å²) in [5.74, 6) is 5.69. The summed E-state index contributed by atoms with van der Waals surface area (Å²) in [7, 11) is 0. The van der Waals surface area contributed by atoms with Gasteiger partial charge in [-0.15, -0.1) is 0 Å². The van der Waals surface area contributed by atoms with Gasteiger partial charge in [0.15, 0.2) is 5.65 Å². The number of hydrogen-bond acceptors (Lipinski definition) is 6. The molecule has 0 radical (unpaired) electrons. The molecule has 0 saturated carbocycles. The third kappa shape index (κ3) is 6.27. The lowest BCUT2D eigenvalue weighted by Crippen LogP contribution is -2.40. The number of nitrogens with two attached hydrogens (primary N) is 1. The van der Waals surface area contributed by atoms with Crippen LogP contribution in [0, 0.1) is 18.8 Å². The maximum absolute atomic E-state index is 13.3. The third-order valence-corrected chi connectivity index (χ3v) is 7.59. The number of carbonyl (C=O) groups is 2. The standard InChI is InChI=1S/C30H27ClF3N7O2/c1-3-25(42)40-12-4-5-21(15-40)41-28-26(27(35)36-16-37-28)24(39-41)11-8-18-13-20(9-6-17(18)2)38-29(43)19-7-10-23(31)22(14-19)30(32,33)34/h6-7,9-10,13-14,16,21H,3-5,12,15H2,1-2H3,(H,38,43)(H2,35,36,37). The second-order valence-electron chi connectivity index (χ2n) is 10.2. The van der Waals surface area contributed by atoms with E-state index in [1.807, 2.05) is 18.7 Å². The minimum Gasteiger partial charge on any atom is -0.383 e. The number of halogens is 4. The first-order chi connectivity index (χ1) is 20.5. The number of hydrogen-bond donors (Lipinski definition) is 2. The first-order valence-corrected chi connectivity index (χ1v) is 13.9. The van der Waals surface area contributed by atoms with Crippen LogP contribution in [0.1, 0.15) is 65.0 Å². The van der Waals surface area contributed by atoms with Gasteiger partial charge in [-0.3, -0.25) is 9.59 Å². The summed E-state index contributed by atoms with van der Waals surface area (Å²) in [4.78, 5) is 35.5. The van der Waals surface area contributed by atoms with Crippen LogP contribution in [0.3, 0.4) is 0 Å². The smallest absolute Gasteiger partial charge is 0.383 e. The molecular weight excluding hydrogens is 583 g/mol. The zero-order valence-corrected chi connectivity index (χ0v) is 24.1. The molecule has 2 amide bonds. The van der Waals surface area contributed by atoms with Crippen molar-refractivity contribution in [3.8, 4) is 11.8 Å². The van der Waals surface area contributed by atoms with E-state index >= 15 is 0 Å². The minimum atomic E-state index is -4.70. The van der Waals surface area contributed by atoms with E-state index in [2.05, 4.69) is 27.1 Å². The molecule has 2 aromatic heterocycles. The molecule has 9 nitrogen and oxygen atoms in total. The lowest BCUT2D eigenvalue weighted by Gasteiger charge is -2.32. The van der Waals surface area contributed by atoms with Gasteiger partial charge in [0.1, 0.15) is 17.8 Å². The molecule has 2 aromatic carbocycles. The molecule has 1 unspecified atom stereocenters. The molecule has 0 aliphatic carbocycles. The van der Waals surface area contributed by atoms with Gasteiger partial charge >= 0.3 is 6.18 Å². The van der Waals surface area contributed by atoms with Gasteiger partial charge in [-0.1, -0.05) is 30.5 Å². The van der Waals surface area contributed by atoms with Gasteiger partial charge < -0.3 is 16.0 Å². The fourth-order valence-corrected chi connectivity index (χ4v) is 5.21. The van der Waals surface area contributed by atoms with Crippen LogP contribution >= 0.6 is 11.6 Å². The van der Waals surface area contributed by atoms with Crippen molar-refractivity contribution in [3.63, 3.8) is 0 Å². The van der Waals surface area contributed by atoms with E-state index in [4.69, 9.17) is 22.4 Å². The molecule has 5 rings (SSSR count). The molecule has 222 valence electrons. The van der Waals surface area contributed by atoms with E-state index in [1.165, 1.54) is 12.4 Å². The van der Waals surface area contributed by atoms with Crippen molar-refractivity contribution in [2.24, 2.45) is 0 Å². The van der Waals surface area contributed by atoms with Crippen molar-refractivity contribution in [2.45, 2.75) is 45.3 Å². The van der Waals surface area contributed by atoms with Crippen molar-refractivity contribution >= 4 is 46.0 Å². The molecule has 3 N–H and O–H groups in total. The Balaban J connectivity index is 1.44. The number of carbonyl (C=O) groups excluding carboxylic acids is 2. The summed E-state index contributed by atoms with van der Waals surface area (Å²) in [5.41, 5.74) is 7.50. The number of piperidine rings is 1. The number of aromatic nitrogens is 4. The number of likely N-dealkylation sites (tertiary alicyclic amines) is 1. The average Bonchev–Trinajstić information content (AvgIpc) is 3.36. The van der Waals surface area contributed by atoms with Gasteiger partial charge in [-0.05, 0) is 61.6 Å². The van der Waals surface area contributed by atoms with Crippen molar-refractivity contribution in [3.05, 3.63) is 75.7 Å². The number of benzene rings is 2. The summed E-state index contributed by atoms with van der Waals surface area (Å²) in [6.45, 7) is 4.86. The average molecular weight is 610 g/mol. The molecule has 0 bridgehead atoms. The third-order valence-electron chi connectivity index (χ3n) is 7.26. The Morgan fingerprint density at radius 1 is 1.16 bits per heavy atom. The summed E-state index contributed by atoms with van der Waals surface area (Å²) in [5, 5.41) is 7.36. The van der Waals surface area contributed by atoms with Crippen LogP contribution in [0.4, 0.5) is 24.7 Å². The number of amides is 2. The number of alkyl halides is 3. The number of fused-ring (bicyclic) bond motifs is 1. The van der Waals surface area contributed by atoms with Crippen molar-refractivity contribution in [1.82, 2.24) is 24.6 Å². The van der Waals surface area contributed by atoms with E-state index in [0.717, 1.165) is 24.5 Å². The van der Waals surface area contributed by atoms with Crippen LogP contribution < -0.4 is 11.1 Å². The van der Waals surface area contributed by atoms with Gasteiger partial charge in [0.2, 0.25) is 5.91 Å². The molecule has 1 aliphatic heterocycles. The maximum Gasteiger partial charge on any atom is 0.417 e. The van der Waals surface area contributed by atoms with Crippen LogP contribution in [-0.2, 0) is 11.0 Å². The zero-order chi connectivity index (χ0) is 30.9. The summed E-state index contributed by atoms with van der Waals surface area (Å²) in [6, 6.07) is 7.84. The first kappa shape index (κ1) is 29.8. The van der Waals surface area contributed by atoms with E-state index < -0.39 is 22.7 Å². The quantitative estimate of drug-likeness (QED) is 0.290. The van der Waals surface area contributed by atoms with Crippen LogP contribution in [0.25, 0.3) is 11.0 Å². The highest BCUT2D eigenvalue weighted by Gasteiger charge is 2.34. The van der Waals surface area contributed by atoms with Gasteiger partial charge in [0, 0.05) is 36.3 Å². The molecule has 0 spiro atoms. The van der Waals surface area contributed by atoms with Crippen LogP contribution in [0.2, 0.25) is 5.02 Å². The van der Waals surface area contributed by atoms with E-state index in [0.29, 0.717) is 53.6 Å². The Morgan fingerprint density at radius 2 is 1.95 bits per heavy atom. The lowest BCUT2D eigenvalue weighted by molar-refractivity contribution is -0.137. The summed E-state index contributed by atoms with van der Waals surface area (Å²) < 4.78 is 41.6. The molecule has 1 fully saturated rings. The van der Waals surface area contributed by atoms with E-state index in [1.54, 1.807) is 22.9 Å². The zero-order valence-electron chi connectivity index (χ0n) is 23.3. The number of nitrogen functional groups attached to an aromatic ring is 1. The highest BCUT2D eigenvalue weighted by molar-refractivity contribution is 6.31. The second kappa shape index (κ2) is 11.9. The number of anilines is 2. The fourth-order valence-electron chi connectivity index (χ4n) is 4.99. The molecule has 43 heavy (non-hydrogen) atoms. The largest absolute Gasteiger partial charge is 0.417 e. The van der Waals surface area contributed by atoms with Crippen LogP contribution in [0.15, 0.2) is 42.7 Å². The molecular formula is C30H27ClF3N7O2. The molecule has 1 saturated heterocycles. The molecule has 3 heterocycles. The monoisotopic (exact) mass is 609 g/mol. The molecule has 1 atom stereocenters. The number of nitrogens with one attached hydrogen (secondary N) is 1. The first-order valence-electron chi connectivity index (χ1n) is 13.5. The predicted octanol–water partition coefficient (Wildman–Crippen LogP) is 5.61. The van der Waals surface area contributed by atoms with Crippen LogP contribution in [-0.4, -0.2) is 49.6 Å². The molecule has 4 aromatic rings. The van der Waals surface area contributed by atoms with Crippen molar-refractivity contribution in [1.29, 1.82) is 0 Å². The number of nitrogens with zero attached hydrogens (tertiary/aromatic N) is 5. The van der Waals surface area contributed by atoms with Gasteiger partial charge in [0.25, 0.3) is 5.91 Å². The van der Waals surface area contributed by atoms with Crippen molar-refractivity contribution in [2.75, 3.05) is 24.1 Å². The Labute approximate surface area is 250 Å². The second-order valence-corrected chi connectivity index (χ2v) is 10.6. The topological polar surface area (TPSA) is 119 Å². The number of aryl methyl sites for hydroxylation is 1. The minimum absolute atomic E-state index is 0.0784. The Kier molecular flexibility index (Phi) is 8.28. The number of rotatable bonds is 4. The van der Waals surface area contributed by atoms with Crippen LogP contribution in [0.5, 0.6) is 0 Å². The summed E-state index contributed by atoms with van der Waals surface area (Å²) in [6.07, 6.45) is -1.29. The van der Waals surface area contributed by atoms with Gasteiger partial charge in [-0.25, -0.2) is 14.6 Å². The van der Waals surface area contributed by atoms with E-state index in [9.17, 15) is 22.8 Å². The van der Waals surface area contributed by atoms with Gasteiger partial charge in [-0.2, -0.15) is 18.3 Å². The molecule has 13 heteroatoms. The normalized spacial score (nSPS) is 15.2. The predicted molar refractivity (Wildman–Crippen MR) is 156 cm³/mol.